The molecule has 0 bridgehead atoms. The summed E-state index contributed by atoms with van der Waals surface area (Å²) in [5.41, 5.74) is 2.28. The predicted molar refractivity (Wildman–Crippen MR) is 79.6 cm³/mol. The maximum absolute atomic E-state index is 12.0. The first kappa shape index (κ1) is 15.5. The summed E-state index contributed by atoms with van der Waals surface area (Å²) in [6.45, 7) is 2.72. The number of carbonyl (C=O) groups is 2. The highest BCUT2D eigenvalue weighted by molar-refractivity contribution is 5.79. The van der Waals surface area contributed by atoms with E-state index in [-0.39, 0.29) is 30.9 Å². The molecule has 1 aliphatic rings. The molecule has 2 N–H and O–H groups in total. The Balaban J connectivity index is 2.12. The van der Waals surface area contributed by atoms with Crippen LogP contribution in [0.3, 0.4) is 0 Å². The third kappa shape index (κ3) is 3.82. The van der Waals surface area contributed by atoms with Crippen molar-refractivity contribution < 1.29 is 14.7 Å². The number of nitrogens with one attached hydrogen (secondary N) is 1. The Bertz CT molecular complexity index is 516. The number of amides is 2. The van der Waals surface area contributed by atoms with Crippen molar-refractivity contribution >= 4 is 11.8 Å². The maximum Gasteiger partial charge on any atom is 0.222 e. The molecule has 0 unspecified atom stereocenters. The van der Waals surface area contributed by atoms with E-state index < -0.39 is 0 Å². The summed E-state index contributed by atoms with van der Waals surface area (Å²) in [5.74, 6) is -0.0888. The number of nitrogens with zero attached hydrogens (tertiary/aromatic N) is 1. The van der Waals surface area contributed by atoms with Crippen LogP contribution in [0, 0.1) is 0 Å². The molecular weight excluding hydrogens is 268 g/mol. The first-order chi connectivity index (χ1) is 10.1. The third-order valence-corrected chi connectivity index (χ3v) is 3.85. The van der Waals surface area contributed by atoms with E-state index in [2.05, 4.69) is 11.4 Å². The number of fused-ring (bicyclic) bond motifs is 1. The minimum absolute atomic E-state index is 0.00217. The number of rotatable bonds is 5. The molecule has 1 aromatic rings. The molecule has 0 aliphatic carbocycles. The van der Waals surface area contributed by atoms with Crippen LogP contribution >= 0.6 is 0 Å². The molecule has 2 amide bonds. The van der Waals surface area contributed by atoms with Crippen LogP contribution < -0.4 is 5.32 Å². The van der Waals surface area contributed by atoms with Crippen molar-refractivity contribution in [1.29, 1.82) is 0 Å². The van der Waals surface area contributed by atoms with Crippen LogP contribution in [0.5, 0.6) is 0 Å². The van der Waals surface area contributed by atoms with E-state index in [1.807, 2.05) is 18.2 Å². The predicted octanol–water partition coefficient (Wildman–Crippen LogP) is 1.02. The van der Waals surface area contributed by atoms with Gasteiger partial charge in [0.15, 0.2) is 0 Å². The van der Waals surface area contributed by atoms with E-state index >= 15 is 0 Å². The van der Waals surface area contributed by atoms with Gasteiger partial charge in [-0.2, -0.15) is 0 Å². The van der Waals surface area contributed by atoms with Crippen LogP contribution in [0.2, 0.25) is 0 Å². The molecule has 5 heteroatoms. The Labute approximate surface area is 125 Å². The van der Waals surface area contributed by atoms with Crippen LogP contribution in [0.1, 0.15) is 36.9 Å². The molecule has 1 atom stereocenters. The molecule has 0 saturated carbocycles. The van der Waals surface area contributed by atoms with Crippen LogP contribution in [0.4, 0.5) is 0 Å². The summed E-state index contributed by atoms with van der Waals surface area (Å²) in [6.07, 6.45) is 1.64. The van der Waals surface area contributed by atoms with E-state index in [9.17, 15) is 9.59 Å². The van der Waals surface area contributed by atoms with E-state index in [1.54, 1.807) is 11.8 Å². The van der Waals surface area contributed by atoms with Gasteiger partial charge in [0.25, 0.3) is 0 Å². The topological polar surface area (TPSA) is 69.6 Å². The number of hydrogen-bond acceptors (Lipinski definition) is 3. The highest BCUT2D eigenvalue weighted by Crippen LogP contribution is 2.32. The molecule has 1 aromatic carbocycles. The van der Waals surface area contributed by atoms with E-state index in [0.717, 1.165) is 12.0 Å². The van der Waals surface area contributed by atoms with Gasteiger partial charge in [0.05, 0.1) is 12.5 Å². The molecular formula is C16H22N2O3. The Morgan fingerprint density at radius 3 is 2.86 bits per heavy atom. The van der Waals surface area contributed by atoms with Crippen molar-refractivity contribution in [1.82, 2.24) is 10.2 Å². The molecule has 0 fully saturated rings. The molecule has 0 spiro atoms. The lowest BCUT2D eigenvalue weighted by molar-refractivity contribution is -0.133. The standard InChI is InChI=1S/C16H22N2O3/c1-12(20)18-9-7-13-5-2-3-6-14(13)15(18)11-16(21)17-8-4-10-19/h2-3,5-6,15,19H,4,7-11H2,1H3,(H,17,21)/t15-/m1/s1. The molecule has 0 saturated heterocycles. The molecule has 5 nitrogen and oxygen atoms in total. The molecule has 114 valence electrons. The van der Waals surface area contributed by atoms with Gasteiger partial charge in [-0.1, -0.05) is 24.3 Å². The fraction of sp³-hybridized carbons (Fsp3) is 0.500. The van der Waals surface area contributed by atoms with Crippen LogP contribution in [0.25, 0.3) is 0 Å². The van der Waals surface area contributed by atoms with Crippen molar-refractivity contribution in [2.24, 2.45) is 0 Å². The first-order valence-electron chi connectivity index (χ1n) is 7.36. The quantitative estimate of drug-likeness (QED) is 0.796. The largest absolute Gasteiger partial charge is 0.396 e. The summed E-state index contributed by atoms with van der Waals surface area (Å²) in [7, 11) is 0. The van der Waals surface area contributed by atoms with Crippen LogP contribution in [0.15, 0.2) is 24.3 Å². The van der Waals surface area contributed by atoms with Gasteiger partial charge in [0.1, 0.15) is 0 Å². The Kier molecular flexibility index (Phi) is 5.33. The maximum atomic E-state index is 12.0. The van der Waals surface area contributed by atoms with Gasteiger partial charge in [-0.25, -0.2) is 0 Å². The second-order valence-electron chi connectivity index (χ2n) is 5.31. The van der Waals surface area contributed by atoms with Gasteiger partial charge in [0.2, 0.25) is 11.8 Å². The monoisotopic (exact) mass is 290 g/mol. The van der Waals surface area contributed by atoms with Gasteiger partial charge in [-0.05, 0) is 24.0 Å². The second-order valence-corrected chi connectivity index (χ2v) is 5.31. The summed E-state index contributed by atoms with van der Waals surface area (Å²) < 4.78 is 0. The second kappa shape index (κ2) is 7.22. The van der Waals surface area contributed by atoms with Gasteiger partial charge in [-0.3, -0.25) is 9.59 Å². The summed E-state index contributed by atoms with van der Waals surface area (Å²) in [4.78, 5) is 25.6. The average Bonchev–Trinajstić information content (AvgIpc) is 2.47. The zero-order valence-electron chi connectivity index (χ0n) is 12.3. The highest BCUT2D eigenvalue weighted by atomic mass is 16.3. The molecule has 2 rings (SSSR count). The van der Waals surface area contributed by atoms with Gasteiger partial charge in [0, 0.05) is 26.6 Å². The first-order valence-corrected chi connectivity index (χ1v) is 7.36. The summed E-state index contributed by atoms with van der Waals surface area (Å²) >= 11 is 0. The normalized spacial score (nSPS) is 17.2. The Morgan fingerprint density at radius 2 is 2.14 bits per heavy atom. The number of aliphatic hydroxyl groups is 1. The molecule has 1 aliphatic heterocycles. The number of carbonyl (C=O) groups excluding carboxylic acids is 2. The third-order valence-electron chi connectivity index (χ3n) is 3.85. The number of benzene rings is 1. The zero-order chi connectivity index (χ0) is 15.2. The SMILES string of the molecule is CC(=O)N1CCc2ccccc2[C@H]1CC(=O)NCCCO. The lowest BCUT2D eigenvalue weighted by Crippen LogP contribution is -2.41. The van der Waals surface area contributed by atoms with Gasteiger partial charge >= 0.3 is 0 Å². The van der Waals surface area contributed by atoms with Gasteiger partial charge < -0.3 is 15.3 Å². The fourth-order valence-electron chi connectivity index (χ4n) is 2.80. The lowest BCUT2D eigenvalue weighted by atomic mass is 9.90. The highest BCUT2D eigenvalue weighted by Gasteiger charge is 2.30. The Hall–Kier alpha value is -1.88. The van der Waals surface area contributed by atoms with Crippen molar-refractivity contribution in [3.05, 3.63) is 35.4 Å². The van der Waals surface area contributed by atoms with Crippen LogP contribution in [-0.4, -0.2) is 41.5 Å². The average molecular weight is 290 g/mol. The molecule has 21 heavy (non-hydrogen) atoms. The zero-order valence-corrected chi connectivity index (χ0v) is 12.3. The Morgan fingerprint density at radius 1 is 1.38 bits per heavy atom. The summed E-state index contributed by atoms with van der Waals surface area (Å²) in [5, 5.41) is 11.5. The van der Waals surface area contributed by atoms with Gasteiger partial charge in [-0.15, -0.1) is 0 Å². The number of hydrogen-bond donors (Lipinski definition) is 2. The van der Waals surface area contributed by atoms with E-state index in [0.29, 0.717) is 19.5 Å². The van der Waals surface area contributed by atoms with Crippen molar-refractivity contribution in [3.63, 3.8) is 0 Å². The molecule has 0 aromatic heterocycles. The molecule has 1 heterocycles. The summed E-state index contributed by atoms with van der Waals surface area (Å²) in [6, 6.07) is 7.79. The van der Waals surface area contributed by atoms with Crippen molar-refractivity contribution in [2.75, 3.05) is 19.7 Å². The van der Waals surface area contributed by atoms with E-state index in [4.69, 9.17) is 5.11 Å². The smallest absolute Gasteiger partial charge is 0.222 e. The minimum atomic E-state index is -0.193. The number of aliphatic hydroxyl groups excluding tert-OH is 1. The molecule has 0 radical (unpaired) electrons. The van der Waals surface area contributed by atoms with Crippen molar-refractivity contribution in [2.45, 2.75) is 32.2 Å². The van der Waals surface area contributed by atoms with E-state index in [1.165, 1.54) is 5.56 Å². The fourth-order valence-corrected chi connectivity index (χ4v) is 2.80. The van der Waals surface area contributed by atoms with Crippen molar-refractivity contribution in [3.8, 4) is 0 Å². The van der Waals surface area contributed by atoms with Crippen LogP contribution in [-0.2, 0) is 16.0 Å². The minimum Gasteiger partial charge on any atom is -0.396 e. The lowest BCUT2D eigenvalue weighted by Gasteiger charge is -2.36.